The van der Waals surface area contributed by atoms with E-state index in [2.05, 4.69) is 9.97 Å². The van der Waals surface area contributed by atoms with E-state index in [1.54, 1.807) is 18.3 Å². The molecule has 0 saturated carbocycles. The van der Waals surface area contributed by atoms with Gasteiger partial charge in [-0.15, -0.1) is 0 Å². The molecule has 2 heterocycles. The molecule has 0 aliphatic rings. The second-order valence-corrected chi connectivity index (χ2v) is 8.11. The summed E-state index contributed by atoms with van der Waals surface area (Å²) in [7, 11) is 1.85. The fraction of sp³-hybridized carbons (Fsp3) is 0.125. The quantitative estimate of drug-likeness (QED) is 0.359. The summed E-state index contributed by atoms with van der Waals surface area (Å²) in [6, 6.07) is 16.9. The van der Waals surface area contributed by atoms with Gasteiger partial charge in [-0.3, -0.25) is 4.79 Å². The highest BCUT2D eigenvalue weighted by Crippen LogP contribution is 2.30. The van der Waals surface area contributed by atoms with Gasteiger partial charge in [-0.05, 0) is 47.7 Å². The summed E-state index contributed by atoms with van der Waals surface area (Å²) in [5, 5.41) is 2.93. The lowest BCUT2D eigenvalue weighted by Gasteiger charge is -2.21. The number of nitrogens with two attached hydrogens (primary N) is 1. The van der Waals surface area contributed by atoms with Crippen molar-refractivity contribution < 1.29 is 4.79 Å². The van der Waals surface area contributed by atoms with Gasteiger partial charge in [0.2, 0.25) is 0 Å². The first kappa shape index (κ1) is 21.1. The van der Waals surface area contributed by atoms with Gasteiger partial charge >= 0.3 is 0 Å². The molecule has 0 spiro atoms. The fourth-order valence-electron chi connectivity index (χ4n) is 3.51. The minimum Gasteiger partial charge on any atom is -0.383 e. The third kappa shape index (κ3) is 4.63. The van der Waals surface area contributed by atoms with Crippen molar-refractivity contribution >= 4 is 57.1 Å². The number of pyridine rings is 2. The Bertz CT molecular complexity index is 1280. The van der Waals surface area contributed by atoms with Crippen molar-refractivity contribution in [3.8, 4) is 0 Å². The van der Waals surface area contributed by atoms with Crippen molar-refractivity contribution in [1.82, 2.24) is 9.97 Å². The summed E-state index contributed by atoms with van der Waals surface area (Å²) in [6.07, 6.45) is 4.13. The summed E-state index contributed by atoms with van der Waals surface area (Å²) in [4.78, 5) is 23.5. The van der Waals surface area contributed by atoms with E-state index in [0.717, 1.165) is 22.0 Å². The summed E-state index contributed by atoms with van der Waals surface area (Å²) < 4.78 is 0. The van der Waals surface area contributed by atoms with Crippen LogP contribution in [0.5, 0.6) is 0 Å². The first-order valence-corrected chi connectivity index (χ1v) is 10.5. The Hall–Kier alpha value is -3.15. The number of carbonyl (C=O) groups excluding carboxylic acids is 1. The number of aryl methyl sites for hydroxylation is 1. The van der Waals surface area contributed by atoms with Crippen LogP contribution in [0.25, 0.3) is 10.8 Å². The molecule has 5 nitrogen and oxygen atoms in total. The van der Waals surface area contributed by atoms with Crippen LogP contribution < -0.4 is 10.6 Å². The van der Waals surface area contributed by atoms with E-state index in [-0.39, 0.29) is 5.78 Å². The third-order valence-corrected chi connectivity index (χ3v) is 5.59. The minimum absolute atomic E-state index is 0.0341. The molecule has 0 saturated heterocycles. The normalized spacial score (nSPS) is 10.9. The van der Waals surface area contributed by atoms with E-state index in [4.69, 9.17) is 28.9 Å². The number of fused-ring (bicyclic) bond motifs is 1. The Labute approximate surface area is 190 Å². The zero-order valence-electron chi connectivity index (χ0n) is 16.8. The second-order valence-electron chi connectivity index (χ2n) is 7.24. The van der Waals surface area contributed by atoms with Crippen LogP contribution in [-0.4, -0.2) is 22.8 Å². The lowest BCUT2D eigenvalue weighted by atomic mass is 10.0. The van der Waals surface area contributed by atoms with E-state index in [0.29, 0.717) is 40.1 Å². The van der Waals surface area contributed by atoms with Gasteiger partial charge in [-0.2, -0.15) is 0 Å². The number of benzene rings is 2. The average Bonchev–Trinajstić information content (AvgIpc) is 2.77. The number of ketones is 1. The summed E-state index contributed by atoms with van der Waals surface area (Å²) in [5.41, 5.74) is 8.28. The van der Waals surface area contributed by atoms with Crippen molar-refractivity contribution in [1.29, 1.82) is 0 Å². The first-order valence-electron chi connectivity index (χ1n) is 9.73. The number of Topliss-reactive ketones (excluding diaryl/α,β-unsaturated/α-hetero) is 1. The highest BCUT2D eigenvalue weighted by molar-refractivity contribution is 6.31. The van der Waals surface area contributed by atoms with Crippen LogP contribution in [0.3, 0.4) is 0 Å². The Morgan fingerprint density at radius 3 is 2.68 bits per heavy atom. The number of hydrogen-bond donors (Lipinski definition) is 1. The molecule has 0 aliphatic carbocycles. The summed E-state index contributed by atoms with van der Waals surface area (Å²) in [5.74, 6) is 1.00. The molecule has 2 aromatic heterocycles. The number of rotatable bonds is 6. The number of carbonyl (C=O) groups is 1. The second kappa shape index (κ2) is 8.92. The topological polar surface area (TPSA) is 72.1 Å². The molecular formula is C24H20Cl2N4O. The Morgan fingerprint density at radius 1 is 1.03 bits per heavy atom. The highest BCUT2D eigenvalue weighted by atomic mass is 35.5. The van der Waals surface area contributed by atoms with Crippen LogP contribution in [0.4, 0.5) is 17.3 Å². The highest BCUT2D eigenvalue weighted by Gasteiger charge is 2.18. The molecule has 0 fully saturated rings. The van der Waals surface area contributed by atoms with Gasteiger partial charge in [0.05, 0.1) is 10.6 Å². The monoisotopic (exact) mass is 450 g/mol. The fourth-order valence-corrected chi connectivity index (χ4v) is 3.85. The molecule has 4 aromatic rings. The maximum Gasteiger partial charge on any atom is 0.166 e. The van der Waals surface area contributed by atoms with Crippen molar-refractivity contribution in [3.63, 3.8) is 0 Å². The first-order chi connectivity index (χ1) is 14.9. The largest absolute Gasteiger partial charge is 0.383 e. The zero-order chi connectivity index (χ0) is 22.0. The smallest absolute Gasteiger partial charge is 0.166 e. The maximum absolute atomic E-state index is 13.1. The van der Waals surface area contributed by atoms with E-state index in [1.165, 1.54) is 6.20 Å². The molecule has 2 aromatic carbocycles. The van der Waals surface area contributed by atoms with Crippen LogP contribution in [0.15, 0.2) is 67.0 Å². The van der Waals surface area contributed by atoms with Crippen molar-refractivity contribution in [2.45, 2.75) is 12.8 Å². The SMILES string of the molecule is CN(c1cccc(Cl)c1)c1ncc(Cl)cc1C(=O)CCc1ccc2c(N)nccc2c1. The number of nitrogen functional groups attached to an aromatic ring is 1. The Balaban J connectivity index is 1.58. The van der Waals surface area contributed by atoms with E-state index >= 15 is 0 Å². The number of hydrogen-bond acceptors (Lipinski definition) is 5. The van der Waals surface area contributed by atoms with E-state index < -0.39 is 0 Å². The maximum atomic E-state index is 13.1. The molecule has 7 heteroatoms. The van der Waals surface area contributed by atoms with E-state index in [1.807, 2.05) is 54.4 Å². The van der Waals surface area contributed by atoms with Crippen LogP contribution >= 0.6 is 23.2 Å². The molecule has 2 N–H and O–H groups in total. The van der Waals surface area contributed by atoms with Crippen LogP contribution in [0.1, 0.15) is 22.3 Å². The predicted octanol–water partition coefficient (Wildman–Crippen LogP) is 6.10. The van der Waals surface area contributed by atoms with E-state index in [9.17, 15) is 4.79 Å². The molecule has 0 bridgehead atoms. The third-order valence-electron chi connectivity index (χ3n) is 5.15. The summed E-state index contributed by atoms with van der Waals surface area (Å²) in [6.45, 7) is 0. The van der Waals surface area contributed by atoms with Gasteiger partial charge in [0.1, 0.15) is 11.6 Å². The van der Waals surface area contributed by atoms with Gasteiger partial charge in [-0.25, -0.2) is 9.97 Å². The van der Waals surface area contributed by atoms with Crippen LogP contribution in [0, 0.1) is 0 Å². The van der Waals surface area contributed by atoms with Crippen molar-refractivity contribution in [2.75, 3.05) is 17.7 Å². The number of halogens is 2. The molecule has 31 heavy (non-hydrogen) atoms. The molecule has 0 amide bonds. The minimum atomic E-state index is -0.0341. The predicted molar refractivity (Wildman–Crippen MR) is 128 cm³/mol. The molecule has 0 unspecified atom stereocenters. The number of aromatic nitrogens is 2. The number of anilines is 3. The van der Waals surface area contributed by atoms with Gasteiger partial charge in [0, 0.05) is 42.0 Å². The van der Waals surface area contributed by atoms with Crippen LogP contribution in [0.2, 0.25) is 10.0 Å². The van der Waals surface area contributed by atoms with Gasteiger partial charge in [0.15, 0.2) is 5.78 Å². The summed E-state index contributed by atoms with van der Waals surface area (Å²) >= 11 is 12.3. The van der Waals surface area contributed by atoms with Gasteiger partial charge in [0.25, 0.3) is 0 Å². The molecule has 4 rings (SSSR count). The zero-order valence-corrected chi connectivity index (χ0v) is 18.4. The van der Waals surface area contributed by atoms with Crippen molar-refractivity contribution in [3.05, 3.63) is 88.2 Å². The molecule has 0 atom stereocenters. The van der Waals surface area contributed by atoms with Gasteiger partial charge in [-0.1, -0.05) is 47.5 Å². The van der Waals surface area contributed by atoms with Crippen LogP contribution in [-0.2, 0) is 6.42 Å². The average molecular weight is 451 g/mol. The lowest BCUT2D eigenvalue weighted by molar-refractivity contribution is 0.0983. The molecule has 0 aliphatic heterocycles. The molecular weight excluding hydrogens is 431 g/mol. The lowest BCUT2D eigenvalue weighted by Crippen LogP contribution is -2.16. The molecule has 156 valence electrons. The standard InChI is InChI=1S/C24H20Cl2N4O/c1-30(19-4-2-3-17(25)12-19)24-21(13-18(26)14-29-24)22(31)8-6-15-5-7-20-16(11-15)9-10-28-23(20)27/h2-5,7,9-14H,6,8H2,1H3,(H2,27,28). The van der Waals surface area contributed by atoms with Gasteiger partial charge < -0.3 is 10.6 Å². The Kier molecular flexibility index (Phi) is 6.07. The number of nitrogens with zero attached hydrogens (tertiary/aromatic N) is 3. The molecule has 0 radical (unpaired) electrons. The Morgan fingerprint density at radius 2 is 1.87 bits per heavy atom. The van der Waals surface area contributed by atoms with Crippen molar-refractivity contribution in [2.24, 2.45) is 0 Å².